The van der Waals surface area contributed by atoms with E-state index in [0.29, 0.717) is 39.6 Å². The van der Waals surface area contributed by atoms with Crippen molar-refractivity contribution in [2.45, 2.75) is 13.5 Å². The number of halogens is 1. The molecule has 6 nitrogen and oxygen atoms in total. The van der Waals surface area contributed by atoms with E-state index in [1.807, 2.05) is 37.3 Å². The van der Waals surface area contributed by atoms with Crippen LogP contribution in [0.1, 0.15) is 18.1 Å². The molecule has 1 fully saturated rings. The smallest absolute Gasteiger partial charge is 0.266 e. The van der Waals surface area contributed by atoms with E-state index in [1.54, 1.807) is 29.2 Å². The number of ether oxygens (including phenoxy) is 2. The van der Waals surface area contributed by atoms with Gasteiger partial charge in [-0.05, 0) is 60.5 Å². The molecule has 3 aromatic carbocycles. The Morgan fingerprint density at radius 2 is 1.81 bits per heavy atom. The molecule has 4 rings (SSSR count). The Morgan fingerprint density at radius 3 is 2.53 bits per heavy atom. The number of thiocarbonyl (C=S) groups is 1. The fourth-order valence-corrected chi connectivity index (χ4v) is 4.68. The third-order valence-electron chi connectivity index (χ3n) is 5.11. The highest BCUT2D eigenvalue weighted by atomic mass is 32.2. The number of anilines is 1. The Hall–Kier alpha value is -3.69. The van der Waals surface area contributed by atoms with Gasteiger partial charge in [-0.15, -0.1) is 0 Å². The molecule has 0 spiro atoms. The molecule has 2 amide bonds. The number of rotatable bonds is 9. The van der Waals surface area contributed by atoms with Crippen molar-refractivity contribution in [2.24, 2.45) is 0 Å². The second kappa shape index (κ2) is 11.8. The predicted octanol–water partition coefficient (Wildman–Crippen LogP) is 5.64. The molecule has 0 unspecified atom stereocenters. The fourth-order valence-electron chi connectivity index (χ4n) is 3.43. The first-order valence-electron chi connectivity index (χ1n) is 11.2. The van der Waals surface area contributed by atoms with Gasteiger partial charge in [0.05, 0.1) is 18.1 Å². The van der Waals surface area contributed by atoms with Crippen molar-refractivity contribution >= 4 is 51.9 Å². The lowest BCUT2D eigenvalue weighted by Gasteiger charge is -2.14. The van der Waals surface area contributed by atoms with E-state index < -0.39 is 5.91 Å². The number of nitrogens with one attached hydrogen (secondary N) is 1. The van der Waals surface area contributed by atoms with E-state index in [4.69, 9.17) is 21.7 Å². The lowest BCUT2D eigenvalue weighted by molar-refractivity contribution is -0.122. The van der Waals surface area contributed by atoms with Gasteiger partial charge in [0.15, 0.2) is 18.1 Å². The summed E-state index contributed by atoms with van der Waals surface area (Å²) in [5.41, 5.74) is 2.20. The van der Waals surface area contributed by atoms with Gasteiger partial charge in [0.1, 0.15) is 10.1 Å². The SMILES string of the molecule is CCOc1cc(/C=C2\SC(=S)N(Cc3ccccc3)C2=O)ccc1OCC(=O)Nc1ccc(F)cc1. The Morgan fingerprint density at radius 1 is 1.06 bits per heavy atom. The van der Waals surface area contributed by atoms with Crippen LogP contribution in [0.5, 0.6) is 11.5 Å². The van der Waals surface area contributed by atoms with Gasteiger partial charge in [-0.25, -0.2) is 4.39 Å². The maximum atomic E-state index is 13.0. The minimum absolute atomic E-state index is 0.149. The van der Waals surface area contributed by atoms with Crippen molar-refractivity contribution in [1.82, 2.24) is 4.90 Å². The summed E-state index contributed by atoms with van der Waals surface area (Å²) in [6.07, 6.45) is 1.76. The Labute approximate surface area is 218 Å². The van der Waals surface area contributed by atoms with Gasteiger partial charge in [-0.1, -0.05) is 60.4 Å². The van der Waals surface area contributed by atoms with E-state index in [2.05, 4.69) is 5.32 Å². The standard InChI is InChI=1S/C27H23FN2O4S2/c1-2-33-23-14-19(8-13-22(23)34-17-25(31)29-21-11-9-20(28)10-12-21)15-24-26(32)30(27(35)36-24)16-18-6-4-3-5-7-18/h3-15H,2,16-17H2,1H3,(H,29,31)/b24-15-. The minimum Gasteiger partial charge on any atom is -0.490 e. The molecule has 1 N–H and O–H groups in total. The van der Waals surface area contributed by atoms with Gasteiger partial charge >= 0.3 is 0 Å². The number of benzene rings is 3. The molecule has 9 heteroatoms. The van der Waals surface area contributed by atoms with E-state index in [1.165, 1.54) is 36.0 Å². The van der Waals surface area contributed by atoms with Crippen LogP contribution in [0, 0.1) is 5.82 Å². The zero-order chi connectivity index (χ0) is 25.5. The monoisotopic (exact) mass is 522 g/mol. The fraction of sp³-hybridized carbons (Fsp3) is 0.148. The molecular formula is C27H23FN2O4S2. The predicted molar refractivity (Wildman–Crippen MR) is 143 cm³/mol. The maximum absolute atomic E-state index is 13.0. The molecule has 184 valence electrons. The van der Waals surface area contributed by atoms with E-state index in [-0.39, 0.29) is 18.3 Å². The summed E-state index contributed by atoms with van der Waals surface area (Å²) in [5, 5.41) is 2.64. The summed E-state index contributed by atoms with van der Waals surface area (Å²) in [5.74, 6) is -0.0931. The second-order valence-corrected chi connectivity index (χ2v) is 9.41. The summed E-state index contributed by atoms with van der Waals surface area (Å²) in [6.45, 7) is 2.39. The largest absolute Gasteiger partial charge is 0.490 e. The molecule has 1 aliphatic heterocycles. The highest BCUT2D eigenvalue weighted by Gasteiger charge is 2.32. The summed E-state index contributed by atoms with van der Waals surface area (Å²) < 4.78 is 24.9. The summed E-state index contributed by atoms with van der Waals surface area (Å²) in [4.78, 5) is 27.3. The van der Waals surface area contributed by atoms with Crippen molar-refractivity contribution < 1.29 is 23.5 Å². The van der Waals surface area contributed by atoms with Gasteiger partial charge < -0.3 is 14.8 Å². The summed E-state index contributed by atoms with van der Waals surface area (Å²) in [6, 6.07) is 20.4. The van der Waals surface area contributed by atoms with Gasteiger partial charge in [-0.2, -0.15) is 0 Å². The van der Waals surface area contributed by atoms with Crippen molar-refractivity contribution in [3.63, 3.8) is 0 Å². The zero-order valence-corrected chi connectivity index (χ0v) is 21.0. The Bertz CT molecular complexity index is 1300. The lowest BCUT2D eigenvalue weighted by Crippen LogP contribution is -2.27. The molecule has 0 saturated carbocycles. The van der Waals surface area contributed by atoms with Crippen LogP contribution in [0.15, 0.2) is 77.7 Å². The average molecular weight is 523 g/mol. The number of carbonyl (C=O) groups excluding carboxylic acids is 2. The molecule has 0 bridgehead atoms. The van der Waals surface area contributed by atoms with Gasteiger partial charge in [0.25, 0.3) is 11.8 Å². The van der Waals surface area contributed by atoms with Crippen LogP contribution < -0.4 is 14.8 Å². The number of carbonyl (C=O) groups is 2. The van der Waals surface area contributed by atoms with Gasteiger partial charge in [-0.3, -0.25) is 14.5 Å². The number of thioether (sulfide) groups is 1. The normalized spacial score (nSPS) is 14.3. The zero-order valence-electron chi connectivity index (χ0n) is 19.4. The molecule has 1 saturated heterocycles. The molecule has 0 aliphatic carbocycles. The van der Waals surface area contributed by atoms with Crippen molar-refractivity contribution in [3.8, 4) is 11.5 Å². The molecule has 0 aromatic heterocycles. The number of hydrogen-bond donors (Lipinski definition) is 1. The van der Waals surface area contributed by atoms with Gasteiger partial charge in [0, 0.05) is 5.69 Å². The van der Waals surface area contributed by atoms with Crippen molar-refractivity contribution in [3.05, 3.63) is 94.6 Å². The van der Waals surface area contributed by atoms with E-state index in [0.717, 1.165) is 11.1 Å². The van der Waals surface area contributed by atoms with Crippen molar-refractivity contribution in [1.29, 1.82) is 0 Å². The minimum atomic E-state index is -0.393. The third kappa shape index (κ3) is 6.50. The van der Waals surface area contributed by atoms with Crippen molar-refractivity contribution in [2.75, 3.05) is 18.5 Å². The summed E-state index contributed by atoms with van der Waals surface area (Å²) >= 11 is 6.69. The van der Waals surface area contributed by atoms with Crippen LogP contribution >= 0.6 is 24.0 Å². The number of amides is 2. The maximum Gasteiger partial charge on any atom is 0.266 e. The number of nitrogens with zero attached hydrogens (tertiary/aromatic N) is 1. The lowest BCUT2D eigenvalue weighted by atomic mass is 10.1. The third-order valence-corrected chi connectivity index (χ3v) is 6.49. The van der Waals surface area contributed by atoms with Crippen LogP contribution in [0.3, 0.4) is 0 Å². The van der Waals surface area contributed by atoms with Crippen LogP contribution in [0.2, 0.25) is 0 Å². The first kappa shape index (κ1) is 25.4. The van der Waals surface area contributed by atoms with Crippen LogP contribution in [-0.4, -0.2) is 34.2 Å². The highest BCUT2D eigenvalue weighted by molar-refractivity contribution is 8.26. The Balaban J connectivity index is 1.43. The van der Waals surface area contributed by atoms with Crippen LogP contribution in [0.4, 0.5) is 10.1 Å². The highest BCUT2D eigenvalue weighted by Crippen LogP contribution is 2.35. The summed E-state index contributed by atoms with van der Waals surface area (Å²) in [7, 11) is 0. The quantitative estimate of drug-likeness (QED) is 0.290. The van der Waals surface area contributed by atoms with E-state index >= 15 is 0 Å². The average Bonchev–Trinajstić information content (AvgIpc) is 3.13. The topological polar surface area (TPSA) is 67.9 Å². The van der Waals surface area contributed by atoms with Crippen LogP contribution in [-0.2, 0) is 16.1 Å². The number of hydrogen-bond acceptors (Lipinski definition) is 6. The Kier molecular flexibility index (Phi) is 8.35. The second-order valence-electron chi connectivity index (χ2n) is 7.74. The molecule has 0 atom stereocenters. The molecule has 3 aromatic rings. The molecule has 0 radical (unpaired) electrons. The molecule has 1 aliphatic rings. The van der Waals surface area contributed by atoms with Crippen LogP contribution in [0.25, 0.3) is 6.08 Å². The first-order chi connectivity index (χ1) is 17.4. The first-order valence-corrected chi connectivity index (χ1v) is 12.4. The molecular weight excluding hydrogens is 499 g/mol. The van der Waals surface area contributed by atoms with E-state index in [9.17, 15) is 14.0 Å². The molecule has 36 heavy (non-hydrogen) atoms. The van der Waals surface area contributed by atoms with Gasteiger partial charge in [0.2, 0.25) is 0 Å². The molecule has 1 heterocycles.